The monoisotopic (exact) mass is 293 g/mol. The van der Waals surface area contributed by atoms with Crippen LogP contribution < -0.4 is 10.1 Å². The number of carbonyl (C=O) groups excluding carboxylic acids is 1. The summed E-state index contributed by atoms with van der Waals surface area (Å²) in [7, 11) is 2.93. The number of pyridine rings is 1. The highest BCUT2D eigenvalue weighted by atomic mass is 32.1. The number of ether oxygens (including phenoxy) is 2. The molecule has 1 N–H and O–H groups in total. The summed E-state index contributed by atoms with van der Waals surface area (Å²) in [5, 5.41) is 3.85. The Morgan fingerprint density at radius 2 is 2.25 bits per heavy atom. The quantitative estimate of drug-likeness (QED) is 0.852. The lowest BCUT2D eigenvalue weighted by molar-refractivity contribution is 0.0605. The number of anilines is 1. The van der Waals surface area contributed by atoms with Crippen LogP contribution in [0.2, 0.25) is 0 Å². The molecule has 7 heteroatoms. The van der Waals surface area contributed by atoms with Crippen LogP contribution in [0.5, 0.6) is 5.88 Å². The third-order valence-electron chi connectivity index (χ3n) is 2.62. The second-order valence-electron chi connectivity index (χ2n) is 3.99. The number of nitrogens with zero attached hydrogens (tertiary/aromatic N) is 2. The summed E-state index contributed by atoms with van der Waals surface area (Å²) in [6.45, 7) is 2.36. The molecule has 0 amide bonds. The summed E-state index contributed by atoms with van der Waals surface area (Å²) in [4.78, 5) is 20.4. The first-order valence-corrected chi connectivity index (χ1v) is 6.74. The van der Waals surface area contributed by atoms with Gasteiger partial charge in [0.05, 0.1) is 19.9 Å². The number of thiazole rings is 1. The molecule has 20 heavy (non-hydrogen) atoms. The van der Waals surface area contributed by atoms with Gasteiger partial charge in [0.25, 0.3) is 0 Å². The largest absolute Gasteiger partial charge is 0.481 e. The fraction of sp³-hybridized carbons (Fsp3) is 0.308. The average molecular weight is 293 g/mol. The van der Waals surface area contributed by atoms with E-state index in [0.717, 1.165) is 5.56 Å². The maximum Gasteiger partial charge on any atom is 0.350 e. The van der Waals surface area contributed by atoms with E-state index in [1.165, 1.54) is 18.4 Å². The number of aromatic nitrogens is 2. The molecule has 0 aliphatic carbocycles. The van der Waals surface area contributed by atoms with E-state index in [0.29, 0.717) is 28.1 Å². The summed E-state index contributed by atoms with van der Waals surface area (Å²) < 4.78 is 9.77. The van der Waals surface area contributed by atoms with E-state index in [-0.39, 0.29) is 5.97 Å². The van der Waals surface area contributed by atoms with Crippen LogP contribution in [0.15, 0.2) is 18.3 Å². The molecule has 0 aliphatic heterocycles. The standard InChI is InChI=1S/C13H15N3O3S/c1-8-11(12(17)19-3)20-13(16-8)15-7-9-4-5-14-10(6-9)18-2/h4-6H,7H2,1-3H3,(H,15,16). The van der Waals surface area contributed by atoms with Gasteiger partial charge in [-0.25, -0.2) is 14.8 Å². The number of carbonyl (C=O) groups is 1. The predicted octanol–water partition coefficient (Wildman–Crippen LogP) is 2.25. The van der Waals surface area contributed by atoms with Gasteiger partial charge in [-0.3, -0.25) is 0 Å². The summed E-state index contributed by atoms with van der Waals surface area (Å²) >= 11 is 1.28. The Bertz CT molecular complexity index is 613. The van der Waals surface area contributed by atoms with E-state index in [1.807, 2.05) is 12.1 Å². The van der Waals surface area contributed by atoms with Crippen molar-refractivity contribution in [1.82, 2.24) is 9.97 Å². The van der Waals surface area contributed by atoms with E-state index in [4.69, 9.17) is 9.47 Å². The van der Waals surface area contributed by atoms with Crippen LogP contribution in [0.25, 0.3) is 0 Å². The third kappa shape index (κ3) is 3.24. The zero-order valence-electron chi connectivity index (χ0n) is 11.5. The average Bonchev–Trinajstić information content (AvgIpc) is 2.85. The number of aryl methyl sites for hydroxylation is 1. The topological polar surface area (TPSA) is 73.3 Å². The second-order valence-corrected chi connectivity index (χ2v) is 4.98. The fourth-order valence-corrected chi connectivity index (χ4v) is 2.48. The minimum absolute atomic E-state index is 0.362. The molecule has 0 spiro atoms. The van der Waals surface area contributed by atoms with Crippen molar-refractivity contribution in [2.75, 3.05) is 19.5 Å². The van der Waals surface area contributed by atoms with Crippen LogP contribution in [-0.2, 0) is 11.3 Å². The van der Waals surface area contributed by atoms with Crippen LogP contribution in [0.3, 0.4) is 0 Å². The Hall–Kier alpha value is -2.15. The number of hydrogen-bond donors (Lipinski definition) is 1. The van der Waals surface area contributed by atoms with Gasteiger partial charge in [0.2, 0.25) is 5.88 Å². The van der Waals surface area contributed by atoms with Crippen molar-refractivity contribution in [2.24, 2.45) is 0 Å². The van der Waals surface area contributed by atoms with Gasteiger partial charge in [-0.15, -0.1) is 0 Å². The lowest BCUT2D eigenvalue weighted by Gasteiger charge is -2.04. The molecule has 0 saturated heterocycles. The highest BCUT2D eigenvalue weighted by Crippen LogP contribution is 2.23. The molecule has 106 valence electrons. The summed E-state index contributed by atoms with van der Waals surface area (Å²) in [5.74, 6) is 0.202. The van der Waals surface area contributed by atoms with Gasteiger partial charge in [0.15, 0.2) is 5.13 Å². The molecule has 6 nitrogen and oxygen atoms in total. The molecule has 2 aromatic heterocycles. The van der Waals surface area contributed by atoms with Crippen LogP contribution in [0.1, 0.15) is 20.9 Å². The normalized spacial score (nSPS) is 10.2. The molecule has 2 aromatic rings. The highest BCUT2D eigenvalue weighted by Gasteiger charge is 2.15. The lowest BCUT2D eigenvalue weighted by atomic mass is 10.3. The second kappa shape index (κ2) is 6.33. The Kier molecular flexibility index (Phi) is 4.52. The van der Waals surface area contributed by atoms with Crippen molar-refractivity contribution < 1.29 is 14.3 Å². The first kappa shape index (κ1) is 14.3. The summed E-state index contributed by atoms with van der Waals surface area (Å²) in [6.07, 6.45) is 1.68. The molecule has 0 bridgehead atoms. The van der Waals surface area contributed by atoms with E-state index >= 15 is 0 Å². The van der Waals surface area contributed by atoms with Crippen molar-refractivity contribution in [2.45, 2.75) is 13.5 Å². The number of hydrogen-bond acceptors (Lipinski definition) is 7. The van der Waals surface area contributed by atoms with Gasteiger partial charge in [0.1, 0.15) is 4.88 Å². The minimum atomic E-state index is -0.362. The van der Waals surface area contributed by atoms with E-state index in [1.54, 1.807) is 20.2 Å². The Labute approximate surface area is 120 Å². The van der Waals surface area contributed by atoms with Crippen LogP contribution in [0.4, 0.5) is 5.13 Å². The van der Waals surface area contributed by atoms with Crippen LogP contribution in [-0.4, -0.2) is 30.2 Å². The molecule has 0 saturated carbocycles. The summed E-state index contributed by atoms with van der Waals surface area (Å²) in [5.41, 5.74) is 1.68. The van der Waals surface area contributed by atoms with Crippen molar-refractivity contribution in [3.8, 4) is 5.88 Å². The summed E-state index contributed by atoms with van der Waals surface area (Å²) in [6, 6.07) is 3.73. The fourth-order valence-electron chi connectivity index (χ4n) is 1.60. The maximum atomic E-state index is 11.5. The number of methoxy groups -OCH3 is 2. The zero-order valence-corrected chi connectivity index (χ0v) is 12.3. The van der Waals surface area contributed by atoms with Crippen molar-refractivity contribution in [3.63, 3.8) is 0 Å². The molecule has 2 heterocycles. The Balaban J connectivity index is 2.05. The lowest BCUT2D eigenvalue weighted by Crippen LogP contribution is -2.00. The van der Waals surface area contributed by atoms with E-state index in [9.17, 15) is 4.79 Å². The van der Waals surface area contributed by atoms with Gasteiger partial charge >= 0.3 is 5.97 Å². The molecule has 0 radical (unpaired) electrons. The molecular formula is C13H15N3O3S. The Morgan fingerprint density at radius 3 is 2.95 bits per heavy atom. The molecule has 0 fully saturated rings. The SMILES string of the molecule is COC(=O)c1sc(NCc2ccnc(OC)c2)nc1C. The van der Waals surface area contributed by atoms with E-state index < -0.39 is 0 Å². The first-order valence-electron chi connectivity index (χ1n) is 5.92. The van der Waals surface area contributed by atoms with Gasteiger partial charge in [0, 0.05) is 18.8 Å². The maximum absolute atomic E-state index is 11.5. The van der Waals surface area contributed by atoms with Gasteiger partial charge in [-0.1, -0.05) is 11.3 Å². The van der Waals surface area contributed by atoms with Crippen molar-refractivity contribution >= 4 is 22.4 Å². The van der Waals surface area contributed by atoms with Crippen LogP contribution >= 0.6 is 11.3 Å². The minimum Gasteiger partial charge on any atom is -0.481 e. The smallest absolute Gasteiger partial charge is 0.350 e. The molecular weight excluding hydrogens is 278 g/mol. The molecule has 0 aliphatic rings. The highest BCUT2D eigenvalue weighted by molar-refractivity contribution is 7.17. The number of esters is 1. The Morgan fingerprint density at radius 1 is 1.45 bits per heavy atom. The van der Waals surface area contributed by atoms with Crippen molar-refractivity contribution in [1.29, 1.82) is 0 Å². The third-order valence-corrected chi connectivity index (χ3v) is 3.71. The predicted molar refractivity (Wildman–Crippen MR) is 76.3 cm³/mol. The molecule has 0 atom stereocenters. The molecule has 0 aromatic carbocycles. The molecule has 0 unspecified atom stereocenters. The van der Waals surface area contributed by atoms with Crippen molar-refractivity contribution in [3.05, 3.63) is 34.5 Å². The number of rotatable bonds is 5. The zero-order chi connectivity index (χ0) is 14.5. The van der Waals surface area contributed by atoms with Crippen LogP contribution in [0, 0.1) is 6.92 Å². The van der Waals surface area contributed by atoms with Gasteiger partial charge < -0.3 is 14.8 Å². The van der Waals surface area contributed by atoms with Gasteiger partial charge in [-0.2, -0.15) is 0 Å². The molecule has 2 rings (SSSR count). The van der Waals surface area contributed by atoms with E-state index in [2.05, 4.69) is 15.3 Å². The first-order chi connectivity index (χ1) is 9.63. The number of nitrogens with one attached hydrogen (secondary N) is 1. The van der Waals surface area contributed by atoms with Gasteiger partial charge in [-0.05, 0) is 18.6 Å².